The number of hydrogen-bond acceptors (Lipinski definition) is 5. The molecule has 0 aliphatic carbocycles. The second-order valence-corrected chi connectivity index (χ2v) is 4.74. The van der Waals surface area contributed by atoms with Crippen LogP contribution >= 0.6 is 12.2 Å². The number of benzene rings is 1. The van der Waals surface area contributed by atoms with Crippen LogP contribution in [0, 0.1) is 4.77 Å². The molecule has 3 rings (SSSR count). The molecule has 0 aliphatic rings. The second kappa shape index (κ2) is 6.40. The summed E-state index contributed by atoms with van der Waals surface area (Å²) in [6, 6.07) is 11.2. The van der Waals surface area contributed by atoms with Crippen LogP contribution in [0.5, 0.6) is 5.75 Å². The van der Waals surface area contributed by atoms with Crippen LogP contribution in [0.1, 0.15) is 12.5 Å². The van der Waals surface area contributed by atoms with E-state index in [0.717, 1.165) is 11.3 Å². The molecule has 22 heavy (non-hydrogen) atoms. The molecule has 2 heterocycles. The first-order valence-corrected chi connectivity index (χ1v) is 7.18. The average Bonchev–Trinajstić information content (AvgIpc) is 3.16. The summed E-state index contributed by atoms with van der Waals surface area (Å²) in [5.41, 5.74) is 0.859. The fourth-order valence-electron chi connectivity index (χ4n) is 1.96. The highest BCUT2D eigenvalue weighted by molar-refractivity contribution is 7.71. The first-order valence-electron chi connectivity index (χ1n) is 6.77. The maximum absolute atomic E-state index is 5.57. The molecule has 112 valence electrons. The normalized spacial score (nSPS) is 11.1. The van der Waals surface area contributed by atoms with Crippen molar-refractivity contribution in [3.8, 4) is 17.3 Å². The SMILES string of the molecule is CCOc1ccccc1/C=N\n1c(-c2ccco2)n[nH]c1=S. The molecule has 0 spiro atoms. The van der Waals surface area contributed by atoms with Crippen LogP contribution < -0.4 is 4.74 Å². The molecule has 1 aromatic carbocycles. The quantitative estimate of drug-likeness (QED) is 0.578. The van der Waals surface area contributed by atoms with E-state index in [0.29, 0.717) is 23.0 Å². The van der Waals surface area contributed by atoms with Crippen LogP contribution in [-0.4, -0.2) is 27.7 Å². The van der Waals surface area contributed by atoms with Gasteiger partial charge in [0, 0.05) is 5.56 Å². The van der Waals surface area contributed by atoms with E-state index in [1.54, 1.807) is 24.6 Å². The lowest BCUT2D eigenvalue weighted by Crippen LogP contribution is -1.98. The fourth-order valence-corrected chi connectivity index (χ4v) is 2.14. The van der Waals surface area contributed by atoms with Crippen molar-refractivity contribution in [3.63, 3.8) is 0 Å². The number of nitrogens with one attached hydrogen (secondary N) is 1. The van der Waals surface area contributed by atoms with Crippen molar-refractivity contribution in [2.45, 2.75) is 6.92 Å². The van der Waals surface area contributed by atoms with E-state index in [1.165, 1.54) is 4.68 Å². The van der Waals surface area contributed by atoms with Crippen LogP contribution in [0.15, 0.2) is 52.2 Å². The topological polar surface area (TPSA) is 68.3 Å². The van der Waals surface area contributed by atoms with Crippen molar-refractivity contribution in [1.82, 2.24) is 14.9 Å². The van der Waals surface area contributed by atoms with Crippen LogP contribution in [0.2, 0.25) is 0 Å². The Morgan fingerprint density at radius 2 is 2.23 bits per heavy atom. The Labute approximate surface area is 132 Å². The molecule has 0 saturated carbocycles. The molecule has 0 saturated heterocycles. The number of furan rings is 1. The Morgan fingerprint density at radius 3 is 3.00 bits per heavy atom. The van der Waals surface area contributed by atoms with E-state index < -0.39 is 0 Å². The fraction of sp³-hybridized carbons (Fsp3) is 0.133. The Morgan fingerprint density at radius 1 is 1.36 bits per heavy atom. The number of aromatic nitrogens is 3. The Bertz CT molecular complexity index is 833. The van der Waals surface area contributed by atoms with Gasteiger partial charge < -0.3 is 9.15 Å². The lowest BCUT2D eigenvalue weighted by atomic mass is 10.2. The smallest absolute Gasteiger partial charge is 0.219 e. The highest BCUT2D eigenvalue weighted by atomic mass is 32.1. The molecule has 0 atom stereocenters. The van der Waals surface area contributed by atoms with E-state index in [2.05, 4.69) is 15.3 Å². The van der Waals surface area contributed by atoms with E-state index in [-0.39, 0.29) is 0 Å². The molecule has 7 heteroatoms. The maximum Gasteiger partial charge on any atom is 0.219 e. The first-order chi connectivity index (χ1) is 10.8. The highest BCUT2D eigenvalue weighted by Crippen LogP contribution is 2.19. The van der Waals surface area contributed by atoms with E-state index in [9.17, 15) is 0 Å². The van der Waals surface area contributed by atoms with Gasteiger partial charge in [0.2, 0.25) is 10.6 Å². The van der Waals surface area contributed by atoms with Gasteiger partial charge >= 0.3 is 0 Å². The molecule has 0 fully saturated rings. The van der Waals surface area contributed by atoms with Gasteiger partial charge in [-0.3, -0.25) is 0 Å². The van der Waals surface area contributed by atoms with Gasteiger partial charge in [0.1, 0.15) is 5.75 Å². The standard InChI is InChI=1S/C15H14N4O2S/c1-2-20-12-7-4-3-6-11(12)10-16-19-14(17-18-15(19)22)13-8-5-9-21-13/h3-10H,2H2,1H3,(H,18,22)/b16-10-. The van der Waals surface area contributed by atoms with Crippen molar-refractivity contribution in [3.05, 3.63) is 53.0 Å². The van der Waals surface area contributed by atoms with E-state index >= 15 is 0 Å². The molecule has 3 aromatic rings. The monoisotopic (exact) mass is 314 g/mol. The summed E-state index contributed by atoms with van der Waals surface area (Å²) in [6.07, 6.45) is 3.26. The molecule has 0 amide bonds. The molecule has 2 aromatic heterocycles. The summed E-state index contributed by atoms with van der Waals surface area (Å²) in [6.45, 7) is 2.53. The predicted molar refractivity (Wildman–Crippen MR) is 85.7 cm³/mol. The Balaban J connectivity index is 1.97. The Hall–Kier alpha value is -2.67. The molecular formula is C15H14N4O2S. The van der Waals surface area contributed by atoms with Gasteiger partial charge in [-0.15, -0.1) is 5.10 Å². The van der Waals surface area contributed by atoms with Crippen LogP contribution in [-0.2, 0) is 0 Å². The lowest BCUT2D eigenvalue weighted by molar-refractivity contribution is 0.340. The minimum atomic E-state index is 0.386. The van der Waals surface area contributed by atoms with Crippen molar-refractivity contribution in [2.75, 3.05) is 6.61 Å². The molecule has 0 unspecified atom stereocenters. The molecule has 6 nitrogen and oxygen atoms in total. The van der Waals surface area contributed by atoms with Gasteiger partial charge in [-0.2, -0.15) is 9.78 Å². The summed E-state index contributed by atoms with van der Waals surface area (Å²) in [5.74, 6) is 1.87. The maximum atomic E-state index is 5.57. The number of ether oxygens (including phenoxy) is 1. The van der Waals surface area contributed by atoms with Crippen molar-refractivity contribution in [1.29, 1.82) is 0 Å². The second-order valence-electron chi connectivity index (χ2n) is 4.36. The number of rotatable bonds is 5. The van der Waals surface area contributed by atoms with E-state index in [1.807, 2.05) is 31.2 Å². The van der Waals surface area contributed by atoms with Gasteiger partial charge in [0.15, 0.2) is 5.76 Å². The molecular weight excluding hydrogens is 300 g/mol. The van der Waals surface area contributed by atoms with Crippen LogP contribution in [0.3, 0.4) is 0 Å². The van der Waals surface area contributed by atoms with Crippen molar-refractivity contribution < 1.29 is 9.15 Å². The third-order valence-corrected chi connectivity index (χ3v) is 3.19. The summed E-state index contributed by atoms with van der Waals surface area (Å²) in [4.78, 5) is 0. The van der Waals surface area contributed by atoms with Gasteiger partial charge in [-0.05, 0) is 43.4 Å². The summed E-state index contributed by atoms with van der Waals surface area (Å²) in [7, 11) is 0. The molecule has 1 N–H and O–H groups in total. The average molecular weight is 314 g/mol. The molecule has 0 bridgehead atoms. The minimum Gasteiger partial charge on any atom is -0.493 e. The van der Waals surface area contributed by atoms with Crippen LogP contribution in [0.4, 0.5) is 0 Å². The van der Waals surface area contributed by atoms with Crippen LogP contribution in [0.25, 0.3) is 11.6 Å². The van der Waals surface area contributed by atoms with Gasteiger partial charge in [-0.25, -0.2) is 5.10 Å². The van der Waals surface area contributed by atoms with Crippen molar-refractivity contribution >= 4 is 18.4 Å². The van der Waals surface area contributed by atoms with Gasteiger partial charge in [0.25, 0.3) is 0 Å². The number of H-pyrrole nitrogens is 1. The molecule has 0 radical (unpaired) electrons. The third-order valence-electron chi connectivity index (χ3n) is 2.92. The van der Waals surface area contributed by atoms with Crippen molar-refractivity contribution in [2.24, 2.45) is 5.10 Å². The number of nitrogens with zero attached hydrogens (tertiary/aromatic N) is 3. The predicted octanol–water partition coefficient (Wildman–Crippen LogP) is 3.48. The van der Waals surface area contributed by atoms with Gasteiger partial charge in [0.05, 0.1) is 19.1 Å². The number of para-hydroxylation sites is 1. The summed E-state index contributed by atoms with van der Waals surface area (Å²) >= 11 is 5.20. The minimum absolute atomic E-state index is 0.386. The lowest BCUT2D eigenvalue weighted by Gasteiger charge is -2.05. The Kier molecular flexibility index (Phi) is 4.15. The number of hydrogen-bond donors (Lipinski definition) is 1. The summed E-state index contributed by atoms with van der Waals surface area (Å²) in [5, 5.41) is 11.2. The first kappa shape index (κ1) is 14.3. The zero-order valence-electron chi connectivity index (χ0n) is 11.9. The zero-order valence-corrected chi connectivity index (χ0v) is 12.7. The summed E-state index contributed by atoms with van der Waals surface area (Å²) < 4.78 is 12.8. The highest BCUT2D eigenvalue weighted by Gasteiger charge is 2.10. The zero-order chi connectivity index (χ0) is 15.4. The third kappa shape index (κ3) is 2.84. The molecule has 0 aliphatic heterocycles. The van der Waals surface area contributed by atoms with E-state index in [4.69, 9.17) is 21.4 Å². The van der Waals surface area contributed by atoms with Gasteiger partial charge in [-0.1, -0.05) is 12.1 Å². The largest absolute Gasteiger partial charge is 0.493 e. The number of aromatic amines is 1.